The fourth-order valence-electron chi connectivity index (χ4n) is 0.792. The first-order valence-electron chi connectivity index (χ1n) is 3.18. The molecule has 0 unspecified atom stereocenters. The summed E-state index contributed by atoms with van der Waals surface area (Å²) in [7, 11) is 0. The van der Waals surface area contributed by atoms with Crippen LogP contribution in [0.5, 0.6) is 0 Å². The van der Waals surface area contributed by atoms with E-state index in [0.29, 0.717) is 0 Å². The van der Waals surface area contributed by atoms with Crippen LogP contribution in [0, 0.1) is 6.73 Å². The van der Waals surface area contributed by atoms with E-state index in [1.54, 1.807) is 11.2 Å². The summed E-state index contributed by atoms with van der Waals surface area (Å²) < 4.78 is 4.78. The molecular formula is C7H6N3O. The van der Waals surface area contributed by atoms with Crippen LogP contribution in [-0.4, -0.2) is 11.4 Å². The lowest BCUT2D eigenvalue weighted by Gasteiger charge is -2.07. The van der Waals surface area contributed by atoms with E-state index in [4.69, 9.17) is 4.74 Å². The molecule has 0 aliphatic carbocycles. The fourth-order valence-corrected chi connectivity index (χ4v) is 0.792. The standard InChI is InChI=1S/C7H6N3O/c1-2-4-8-7(3-1)10-6-11-5-9-10/h1-6H. The highest BCUT2D eigenvalue weighted by Crippen LogP contribution is 2.13. The maximum atomic E-state index is 4.78. The van der Waals surface area contributed by atoms with Crippen LogP contribution < -0.4 is 5.01 Å². The third kappa shape index (κ3) is 1.14. The molecule has 0 fully saturated rings. The lowest BCUT2D eigenvalue weighted by Crippen LogP contribution is -2.08. The minimum Gasteiger partial charge on any atom is -0.450 e. The highest BCUT2D eigenvalue weighted by atomic mass is 16.5. The average molecular weight is 148 g/mol. The van der Waals surface area contributed by atoms with Crippen molar-refractivity contribution in [2.45, 2.75) is 0 Å². The molecule has 1 radical (unpaired) electrons. The maximum absolute atomic E-state index is 4.78. The summed E-state index contributed by atoms with van der Waals surface area (Å²) in [6.07, 6.45) is 3.06. The second-order valence-corrected chi connectivity index (χ2v) is 1.99. The Kier molecular flexibility index (Phi) is 1.44. The predicted molar refractivity (Wildman–Crippen MR) is 40.6 cm³/mol. The van der Waals surface area contributed by atoms with Gasteiger partial charge in [-0.05, 0) is 12.1 Å². The molecule has 0 atom stereocenters. The Hall–Kier alpha value is -1.58. The largest absolute Gasteiger partial charge is 0.450 e. The van der Waals surface area contributed by atoms with E-state index in [1.165, 1.54) is 13.1 Å². The summed E-state index contributed by atoms with van der Waals surface area (Å²) >= 11 is 0. The van der Waals surface area contributed by atoms with E-state index in [2.05, 4.69) is 10.1 Å². The second-order valence-electron chi connectivity index (χ2n) is 1.99. The first-order chi connectivity index (χ1) is 5.47. The van der Waals surface area contributed by atoms with Crippen LogP contribution in [0.3, 0.4) is 0 Å². The van der Waals surface area contributed by atoms with Crippen molar-refractivity contribution in [1.29, 1.82) is 0 Å². The summed E-state index contributed by atoms with van der Waals surface area (Å²) in [5.41, 5.74) is 0. The number of aromatic nitrogens is 1. The van der Waals surface area contributed by atoms with Crippen LogP contribution in [0.2, 0.25) is 0 Å². The van der Waals surface area contributed by atoms with Gasteiger partial charge in [-0.15, -0.1) is 5.10 Å². The van der Waals surface area contributed by atoms with Gasteiger partial charge in [0.1, 0.15) is 0 Å². The van der Waals surface area contributed by atoms with Gasteiger partial charge in [0, 0.05) is 6.20 Å². The molecular weight excluding hydrogens is 142 g/mol. The average Bonchev–Trinajstić information content (AvgIpc) is 2.58. The number of rotatable bonds is 1. The summed E-state index contributed by atoms with van der Waals surface area (Å²) in [5.74, 6) is 0.751. The molecule has 0 amide bonds. The number of nitrogens with zero attached hydrogens (tertiary/aromatic N) is 3. The molecule has 0 aromatic carbocycles. The first-order valence-corrected chi connectivity index (χ1v) is 3.18. The summed E-state index contributed by atoms with van der Waals surface area (Å²) in [4.78, 5) is 4.06. The molecule has 0 N–H and O–H groups in total. The van der Waals surface area contributed by atoms with Gasteiger partial charge in [0.2, 0.25) is 0 Å². The summed E-state index contributed by atoms with van der Waals surface area (Å²) in [6.45, 7) is 1.49. The van der Waals surface area contributed by atoms with Gasteiger partial charge in [-0.2, -0.15) is 5.01 Å². The normalized spacial score (nSPS) is 15.1. The predicted octanol–water partition coefficient (Wildman–Crippen LogP) is 0.981. The highest BCUT2D eigenvalue weighted by Gasteiger charge is 2.09. The molecule has 1 aromatic heterocycles. The van der Waals surface area contributed by atoms with E-state index in [0.717, 1.165) is 5.82 Å². The molecule has 55 valence electrons. The van der Waals surface area contributed by atoms with Gasteiger partial charge in [0.15, 0.2) is 12.2 Å². The van der Waals surface area contributed by atoms with E-state index in [9.17, 15) is 0 Å². The molecule has 1 aliphatic rings. The Morgan fingerprint density at radius 2 is 2.36 bits per heavy atom. The molecule has 4 heteroatoms. The number of hydrogen-bond acceptors (Lipinski definition) is 4. The minimum absolute atomic E-state index is 0.751. The molecule has 4 nitrogen and oxygen atoms in total. The Labute approximate surface area is 64.1 Å². The van der Waals surface area contributed by atoms with Crippen molar-refractivity contribution in [2.24, 2.45) is 5.10 Å². The van der Waals surface area contributed by atoms with Gasteiger partial charge in [-0.25, -0.2) is 4.98 Å². The first kappa shape index (κ1) is 6.15. The number of pyridine rings is 1. The Bertz CT molecular complexity index is 260. The lowest BCUT2D eigenvalue weighted by atomic mass is 10.5. The zero-order valence-electron chi connectivity index (χ0n) is 5.71. The third-order valence-corrected chi connectivity index (χ3v) is 1.28. The molecule has 0 bridgehead atoms. The van der Waals surface area contributed by atoms with E-state index in [-0.39, 0.29) is 0 Å². The van der Waals surface area contributed by atoms with Crippen LogP contribution in [0.4, 0.5) is 5.82 Å². The number of anilines is 1. The maximum Gasteiger partial charge on any atom is 0.252 e. The van der Waals surface area contributed by atoms with Crippen molar-refractivity contribution in [2.75, 3.05) is 5.01 Å². The second kappa shape index (κ2) is 2.57. The zero-order chi connectivity index (χ0) is 7.52. The van der Waals surface area contributed by atoms with E-state index in [1.807, 2.05) is 18.2 Å². The lowest BCUT2D eigenvalue weighted by molar-refractivity contribution is 0.433. The summed E-state index contributed by atoms with van der Waals surface area (Å²) in [5, 5.41) is 5.43. The van der Waals surface area contributed by atoms with E-state index < -0.39 is 0 Å². The molecule has 2 rings (SSSR count). The quantitative estimate of drug-likeness (QED) is 0.595. The van der Waals surface area contributed by atoms with Crippen LogP contribution >= 0.6 is 0 Å². The van der Waals surface area contributed by atoms with Crippen molar-refractivity contribution in [3.63, 3.8) is 0 Å². The molecule has 1 aromatic rings. The van der Waals surface area contributed by atoms with Crippen LogP contribution in [0.25, 0.3) is 0 Å². The molecule has 0 saturated heterocycles. The van der Waals surface area contributed by atoms with Gasteiger partial charge >= 0.3 is 0 Å². The van der Waals surface area contributed by atoms with Gasteiger partial charge < -0.3 is 4.74 Å². The van der Waals surface area contributed by atoms with Crippen molar-refractivity contribution in [1.82, 2.24) is 4.98 Å². The minimum atomic E-state index is 0.751. The van der Waals surface area contributed by atoms with Crippen LogP contribution in [-0.2, 0) is 4.74 Å². The Morgan fingerprint density at radius 1 is 1.36 bits per heavy atom. The van der Waals surface area contributed by atoms with Crippen molar-refractivity contribution in [3.8, 4) is 0 Å². The van der Waals surface area contributed by atoms with Crippen LogP contribution in [0.1, 0.15) is 0 Å². The zero-order valence-corrected chi connectivity index (χ0v) is 5.71. The molecule has 0 spiro atoms. The van der Waals surface area contributed by atoms with Crippen molar-refractivity contribution >= 4 is 12.2 Å². The van der Waals surface area contributed by atoms with Crippen molar-refractivity contribution < 1.29 is 4.74 Å². The third-order valence-electron chi connectivity index (χ3n) is 1.28. The Balaban J connectivity index is 2.23. The van der Waals surface area contributed by atoms with Crippen molar-refractivity contribution in [3.05, 3.63) is 31.1 Å². The number of hydrogen-bond donors (Lipinski definition) is 0. The molecule has 11 heavy (non-hydrogen) atoms. The highest BCUT2D eigenvalue weighted by molar-refractivity contribution is 5.56. The van der Waals surface area contributed by atoms with Gasteiger partial charge in [-0.3, -0.25) is 0 Å². The van der Waals surface area contributed by atoms with Crippen LogP contribution in [0.15, 0.2) is 29.5 Å². The number of ether oxygens (including phenoxy) is 1. The van der Waals surface area contributed by atoms with E-state index >= 15 is 0 Å². The van der Waals surface area contributed by atoms with Gasteiger partial charge in [0.05, 0.1) is 0 Å². The van der Waals surface area contributed by atoms with Gasteiger partial charge in [0.25, 0.3) is 6.73 Å². The monoisotopic (exact) mass is 148 g/mol. The SMILES string of the molecule is [CH]1OC=NN1c1ccccn1. The molecule has 1 aliphatic heterocycles. The number of hydrazone groups is 1. The summed E-state index contributed by atoms with van der Waals surface area (Å²) in [6, 6.07) is 5.59. The van der Waals surface area contributed by atoms with Gasteiger partial charge in [-0.1, -0.05) is 6.07 Å². The topological polar surface area (TPSA) is 37.7 Å². The molecule has 2 heterocycles. The molecule has 0 saturated carbocycles. The smallest absolute Gasteiger partial charge is 0.252 e. The Morgan fingerprint density at radius 3 is 3.00 bits per heavy atom. The fraction of sp³-hybridized carbons (Fsp3) is 0.